The van der Waals surface area contributed by atoms with Crippen molar-refractivity contribution in [2.45, 2.75) is 0 Å². The number of aromatic nitrogens is 1. The van der Waals surface area contributed by atoms with Crippen LogP contribution in [0.25, 0.3) is 0 Å². The topological polar surface area (TPSA) is 69.0 Å². The molecule has 6 heteroatoms. The Hall–Kier alpha value is -2.58. The van der Waals surface area contributed by atoms with Crippen LogP contribution in [0.5, 0.6) is 0 Å². The Morgan fingerprint density at radius 2 is 2.14 bits per heavy atom. The Balaban J connectivity index is 2.42. The SMILES string of the molecule is CNc1cc(C(=O)N(C)c2ccccc2C#N)c(Cl)cn1. The number of carbonyl (C=O) groups is 1. The van der Waals surface area contributed by atoms with Crippen molar-refractivity contribution < 1.29 is 4.79 Å². The lowest BCUT2D eigenvalue weighted by Gasteiger charge is -2.19. The van der Waals surface area contributed by atoms with Gasteiger partial charge in [0.15, 0.2) is 0 Å². The average molecular weight is 301 g/mol. The van der Waals surface area contributed by atoms with E-state index in [1.54, 1.807) is 44.4 Å². The van der Waals surface area contributed by atoms with Crippen molar-refractivity contribution in [3.8, 4) is 6.07 Å². The van der Waals surface area contributed by atoms with Gasteiger partial charge in [-0.25, -0.2) is 4.98 Å². The lowest BCUT2D eigenvalue weighted by atomic mass is 10.1. The van der Waals surface area contributed by atoms with Gasteiger partial charge in [0.2, 0.25) is 0 Å². The zero-order valence-electron chi connectivity index (χ0n) is 11.6. The van der Waals surface area contributed by atoms with Crippen molar-refractivity contribution in [2.75, 3.05) is 24.3 Å². The first kappa shape index (κ1) is 14.8. The number of nitriles is 1. The molecule has 21 heavy (non-hydrogen) atoms. The molecule has 0 saturated heterocycles. The molecule has 1 N–H and O–H groups in total. The zero-order chi connectivity index (χ0) is 15.4. The van der Waals surface area contributed by atoms with Crippen molar-refractivity contribution in [2.24, 2.45) is 0 Å². The molecule has 0 atom stereocenters. The molecular weight excluding hydrogens is 288 g/mol. The molecule has 1 amide bonds. The molecule has 0 bridgehead atoms. The summed E-state index contributed by atoms with van der Waals surface area (Å²) in [6.45, 7) is 0. The molecule has 0 aliphatic heterocycles. The third-order valence-electron chi connectivity index (χ3n) is 3.03. The monoisotopic (exact) mass is 300 g/mol. The van der Waals surface area contributed by atoms with Crippen LogP contribution in [0.4, 0.5) is 11.5 Å². The van der Waals surface area contributed by atoms with Gasteiger partial charge in [-0.2, -0.15) is 5.26 Å². The summed E-state index contributed by atoms with van der Waals surface area (Å²) in [5, 5.41) is 12.2. The van der Waals surface area contributed by atoms with Gasteiger partial charge < -0.3 is 10.2 Å². The van der Waals surface area contributed by atoms with Crippen molar-refractivity contribution in [3.63, 3.8) is 0 Å². The number of carbonyl (C=O) groups excluding carboxylic acids is 1. The number of rotatable bonds is 3. The van der Waals surface area contributed by atoms with Crippen molar-refractivity contribution in [3.05, 3.63) is 52.7 Å². The van der Waals surface area contributed by atoms with Crippen LogP contribution in [-0.2, 0) is 0 Å². The molecule has 2 rings (SSSR count). The fourth-order valence-corrected chi connectivity index (χ4v) is 2.07. The largest absolute Gasteiger partial charge is 0.373 e. The summed E-state index contributed by atoms with van der Waals surface area (Å²) < 4.78 is 0. The van der Waals surface area contributed by atoms with Gasteiger partial charge in [0.25, 0.3) is 5.91 Å². The molecule has 0 aliphatic rings. The molecule has 5 nitrogen and oxygen atoms in total. The minimum Gasteiger partial charge on any atom is -0.373 e. The maximum absolute atomic E-state index is 12.6. The number of nitrogens with zero attached hydrogens (tertiary/aromatic N) is 3. The van der Waals surface area contributed by atoms with Gasteiger partial charge in [0.1, 0.15) is 11.9 Å². The van der Waals surface area contributed by atoms with Crippen molar-refractivity contribution in [1.82, 2.24) is 4.98 Å². The van der Waals surface area contributed by atoms with E-state index in [9.17, 15) is 4.79 Å². The molecule has 0 unspecified atom stereocenters. The first-order valence-electron chi connectivity index (χ1n) is 6.19. The Bertz CT molecular complexity index is 724. The number of benzene rings is 1. The van der Waals surface area contributed by atoms with Crippen LogP contribution < -0.4 is 10.2 Å². The minimum absolute atomic E-state index is 0.264. The highest BCUT2D eigenvalue weighted by Gasteiger charge is 2.19. The van der Waals surface area contributed by atoms with E-state index in [1.165, 1.54) is 11.1 Å². The summed E-state index contributed by atoms with van der Waals surface area (Å²) in [5.74, 6) is 0.242. The van der Waals surface area contributed by atoms with Crippen molar-refractivity contribution >= 4 is 29.0 Å². The molecule has 0 radical (unpaired) electrons. The van der Waals surface area contributed by atoms with Crippen LogP contribution in [-0.4, -0.2) is 25.0 Å². The van der Waals surface area contributed by atoms with Crippen LogP contribution in [0.15, 0.2) is 36.5 Å². The second kappa shape index (κ2) is 6.25. The number of para-hydroxylation sites is 1. The van der Waals surface area contributed by atoms with E-state index >= 15 is 0 Å². The van der Waals surface area contributed by atoms with Gasteiger partial charge in [0.05, 0.1) is 21.8 Å². The predicted molar refractivity (Wildman–Crippen MR) is 82.7 cm³/mol. The van der Waals surface area contributed by atoms with E-state index in [0.29, 0.717) is 22.6 Å². The summed E-state index contributed by atoms with van der Waals surface area (Å²) in [5.41, 5.74) is 1.28. The van der Waals surface area contributed by atoms with Gasteiger partial charge in [-0.05, 0) is 18.2 Å². The van der Waals surface area contributed by atoms with E-state index in [1.807, 2.05) is 0 Å². The Morgan fingerprint density at radius 3 is 2.81 bits per heavy atom. The molecule has 0 fully saturated rings. The Kier molecular flexibility index (Phi) is 4.41. The fraction of sp³-hybridized carbons (Fsp3) is 0.133. The fourth-order valence-electron chi connectivity index (χ4n) is 1.89. The number of hydrogen-bond acceptors (Lipinski definition) is 4. The van der Waals surface area contributed by atoms with Crippen molar-refractivity contribution in [1.29, 1.82) is 5.26 Å². The minimum atomic E-state index is -0.304. The van der Waals surface area contributed by atoms with E-state index in [0.717, 1.165) is 0 Å². The summed E-state index contributed by atoms with van der Waals surface area (Å²) in [4.78, 5) is 18.0. The third kappa shape index (κ3) is 2.96. The van der Waals surface area contributed by atoms with Gasteiger partial charge in [0, 0.05) is 20.3 Å². The predicted octanol–water partition coefficient (Wildman–Crippen LogP) is 2.92. The highest BCUT2D eigenvalue weighted by atomic mass is 35.5. The molecule has 1 aromatic heterocycles. The van der Waals surface area contributed by atoms with E-state index < -0.39 is 0 Å². The number of nitrogens with one attached hydrogen (secondary N) is 1. The number of anilines is 2. The quantitative estimate of drug-likeness (QED) is 0.946. The maximum Gasteiger partial charge on any atom is 0.259 e. The molecule has 1 heterocycles. The van der Waals surface area contributed by atoms with E-state index in [-0.39, 0.29) is 10.9 Å². The van der Waals surface area contributed by atoms with E-state index in [2.05, 4.69) is 16.4 Å². The van der Waals surface area contributed by atoms with Crippen LogP contribution in [0.2, 0.25) is 5.02 Å². The second-order valence-corrected chi connectivity index (χ2v) is 4.70. The summed E-state index contributed by atoms with van der Waals surface area (Å²) >= 11 is 6.05. The van der Waals surface area contributed by atoms with Gasteiger partial charge in [-0.15, -0.1) is 0 Å². The molecule has 0 aliphatic carbocycles. The summed E-state index contributed by atoms with van der Waals surface area (Å²) in [6.07, 6.45) is 1.42. The van der Waals surface area contributed by atoms with Crippen LogP contribution in [0, 0.1) is 11.3 Å². The third-order valence-corrected chi connectivity index (χ3v) is 3.33. The van der Waals surface area contributed by atoms with E-state index in [4.69, 9.17) is 16.9 Å². The smallest absolute Gasteiger partial charge is 0.259 e. The first-order chi connectivity index (χ1) is 10.1. The molecular formula is C15H13ClN4O. The van der Waals surface area contributed by atoms with Gasteiger partial charge >= 0.3 is 0 Å². The molecule has 0 spiro atoms. The summed E-state index contributed by atoms with van der Waals surface area (Å²) in [6, 6.07) is 10.5. The molecule has 1 aromatic carbocycles. The average Bonchev–Trinajstić information content (AvgIpc) is 2.54. The molecule has 2 aromatic rings. The molecule has 0 saturated carbocycles. The molecule has 106 valence electrons. The maximum atomic E-state index is 12.6. The second-order valence-electron chi connectivity index (χ2n) is 4.29. The number of pyridine rings is 1. The highest BCUT2D eigenvalue weighted by molar-refractivity contribution is 6.34. The summed E-state index contributed by atoms with van der Waals surface area (Å²) in [7, 11) is 3.31. The van der Waals surface area contributed by atoms with Crippen LogP contribution in [0.3, 0.4) is 0 Å². The normalized spacial score (nSPS) is 9.81. The first-order valence-corrected chi connectivity index (χ1v) is 6.56. The van der Waals surface area contributed by atoms with Crippen LogP contribution >= 0.6 is 11.6 Å². The lowest BCUT2D eigenvalue weighted by molar-refractivity contribution is 0.0993. The van der Waals surface area contributed by atoms with Gasteiger partial charge in [-0.3, -0.25) is 4.79 Å². The number of amides is 1. The Morgan fingerprint density at radius 1 is 1.43 bits per heavy atom. The number of hydrogen-bond donors (Lipinski definition) is 1. The zero-order valence-corrected chi connectivity index (χ0v) is 12.3. The Labute approximate surface area is 127 Å². The number of halogens is 1. The lowest BCUT2D eigenvalue weighted by Crippen LogP contribution is -2.27. The van der Waals surface area contributed by atoms with Crippen LogP contribution in [0.1, 0.15) is 15.9 Å². The van der Waals surface area contributed by atoms with Gasteiger partial charge in [-0.1, -0.05) is 23.7 Å². The highest BCUT2D eigenvalue weighted by Crippen LogP contribution is 2.24. The standard InChI is InChI=1S/C15H13ClN4O/c1-18-14-7-11(12(16)9-19-14)15(21)20(2)13-6-4-3-5-10(13)8-17/h3-7,9H,1-2H3,(H,18,19).